The molecule has 2 aromatic carbocycles. The Bertz CT molecular complexity index is 1540. The number of ether oxygens (including phenoxy) is 1. The van der Waals surface area contributed by atoms with Gasteiger partial charge in [0.25, 0.3) is 0 Å². The van der Waals surface area contributed by atoms with Crippen LogP contribution in [0.15, 0.2) is 67.3 Å². The van der Waals surface area contributed by atoms with Crippen LogP contribution >= 0.6 is 0 Å². The molecule has 0 saturated carbocycles. The van der Waals surface area contributed by atoms with Gasteiger partial charge in [0.15, 0.2) is 0 Å². The van der Waals surface area contributed by atoms with E-state index in [2.05, 4.69) is 20.4 Å². The molecule has 8 nitrogen and oxygen atoms in total. The number of nitrogens with one attached hydrogen (secondary N) is 2. The molecule has 1 unspecified atom stereocenters. The Morgan fingerprint density at radius 1 is 0.867 bits per heavy atom. The third-order valence-electron chi connectivity index (χ3n) is 8.31. The molecule has 0 aliphatic carbocycles. The summed E-state index contributed by atoms with van der Waals surface area (Å²) in [5.74, 6) is -1.19. The highest BCUT2D eigenvalue weighted by Gasteiger charge is 2.53. The Labute approximate surface area is 252 Å². The van der Waals surface area contributed by atoms with Gasteiger partial charge >= 0.3 is 12.4 Å². The van der Waals surface area contributed by atoms with Crippen molar-refractivity contribution in [3.8, 4) is 0 Å². The quantitative estimate of drug-likeness (QED) is 0.232. The molecule has 2 aromatic heterocycles. The van der Waals surface area contributed by atoms with Crippen molar-refractivity contribution in [3.63, 3.8) is 0 Å². The van der Waals surface area contributed by atoms with Gasteiger partial charge in [0.05, 0.1) is 42.3 Å². The molecule has 4 aromatic rings. The summed E-state index contributed by atoms with van der Waals surface area (Å²) in [4.78, 5) is 17.6. The van der Waals surface area contributed by atoms with Crippen molar-refractivity contribution in [3.05, 3.63) is 106 Å². The van der Waals surface area contributed by atoms with Crippen LogP contribution in [0.2, 0.25) is 0 Å². The summed E-state index contributed by atoms with van der Waals surface area (Å²) in [5, 5.41) is 13.5. The molecule has 2 aliphatic heterocycles. The van der Waals surface area contributed by atoms with Crippen LogP contribution in [0.5, 0.6) is 0 Å². The maximum absolute atomic E-state index is 13.9. The van der Waals surface area contributed by atoms with Gasteiger partial charge < -0.3 is 9.64 Å². The molecule has 0 bridgehead atoms. The number of carbonyl (C=O) groups is 1. The molecule has 2 saturated heterocycles. The van der Waals surface area contributed by atoms with Crippen molar-refractivity contribution in [2.45, 2.75) is 62.6 Å². The zero-order valence-electron chi connectivity index (χ0n) is 23.4. The number of amides is 1. The fourth-order valence-electron chi connectivity index (χ4n) is 6.30. The largest absolute Gasteiger partial charge is 0.416 e. The molecular formula is C30H27F7N6O2. The van der Waals surface area contributed by atoms with E-state index < -0.39 is 60.0 Å². The number of aromatic nitrogens is 4. The van der Waals surface area contributed by atoms with Crippen LogP contribution in [-0.4, -0.2) is 60.8 Å². The number of fused-ring (bicyclic) bond motifs is 1. The summed E-state index contributed by atoms with van der Waals surface area (Å²) in [5.41, 5.74) is -0.836. The lowest BCUT2D eigenvalue weighted by molar-refractivity contribution is -0.143. The molecule has 15 heteroatoms. The lowest BCUT2D eigenvalue weighted by Gasteiger charge is -2.29. The summed E-state index contributed by atoms with van der Waals surface area (Å²) in [6, 6.07) is 5.98. The molecule has 0 radical (unpaired) electrons. The number of H-pyrrole nitrogens is 2. The van der Waals surface area contributed by atoms with Crippen LogP contribution in [0.4, 0.5) is 30.7 Å². The van der Waals surface area contributed by atoms with E-state index in [4.69, 9.17) is 4.74 Å². The topological polar surface area (TPSA) is 90.1 Å². The van der Waals surface area contributed by atoms with Gasteiger partial charge in [-0.25, -0.2) is 4.39 Å². The van der Waals surface area contributed by atoms with Gasteiger partial charge in [0, 0.05) is 55.1 Å². The first-order valence-electron chi connectivity index (χ1n) is 14.0. The van der Waals surface area contributed by atoms with Gasteiger partial charge in [-0.05, 0) is 47.9 Å². The minimum Gasteiger partial charge on any atom is -0.371 e. The van der Waals surface area contributed by atoms with Crippen LogP contribution in [0, 0.1) is 5.82 Å². The number of halogens is 7. The van der Waals surface area contributed by atoms with Crippen LogP contribution < -0.4 is 0 Å². The first-order chi connectivity index (χ1) is 21.4. The molecule has 1 amide bonds. The van der Waals surface area contributed by atoms with Crippen molar-refractivity contribution in [1.29, 1.82) is 0 Å². The average molecular weight is 637 g/mol. The molecule has 238 valence electrons. The molecule has 4 atom stereocenters. The van der Waals surface area contributed by atoms with Gasteiger partial charge in [-0.15, -0.1) is 0 Å². The number of nitrogens with zero attached hydrogens (tertiary/aromatic N) is 4. The first kappa shape index (κ1) is 30.8. The number of benzene rings is 2. The number of hydrogen-bond acceptors (Lipinski definition) is 5. The monoisotopic (exact) mass is 636 g/mol. The van der Waals surface area contributed by atoms with Gasteiger partial charge in [-0.2, -0.15) is 36.5 Å². The van der Waals surface area contributed by atoms with E-state index in [1.165, 1.54) is 12.1 Å². The first-order valence-corrected chi connectivity index (χ1v) is 14.0. The predicted octanol–water partition coefficient (Wildman–Crippen LogP) is 5.66. The fourth-order valence-corrected chi connectivity index (χ4v) is 6.30. The molecule has 2 fully saturated rings. The SMILES string of the molecule is O=C1C(N(Cc2cn[nH]c2)Cc2cn[nH]c2)C[C@H]2[C@H](c3ccc(F)cc3)[C@@H](OCc3cc(C(F)(F)F)cc(C(F)(F)F)c3)CN12. The second-order valence-electron chi connectivity index (χ2n) is 11.3. The fraction of sp³-hybridized carbons (Fsp3) is 0.367. The minimum atomic E-state index is -5.00. The Balaban J connectivity index is 1.27. The maximum atomic E-state index is 13.9. The number of rotatable bonds is 9. The van der Waals surface area contributed by atoms with Gasteiger partial charge in [0.1, 0.15) is 5.82 Å². The van der Waals surface area contributed by atoms with Gasteiger partial charge in [0.2, 0.25) is 5.91 Å². The summed E-state index contributed by atoms with van der Waals surface area (Å²) in [6.07, 6.45) is -3.63. The molecule has 6 rings (SSSR count). The Morgan fingerprint density at radius 3 is 1.96 bits per heavy atom. The van der Waals surface area contributed by atoms with Gasteiger partial charge in [-0.3, -0.25) is 19.9 Å². The van der Waals surface area contributed by atoms with Crippen LogP contribution in [0.3, 0.4) is 0 Å². The predicted molar refractivity (Wildman–Crippen MR) is 144 cm³/mol. The highest BCUT2D eigenvalue weighted by molar-refractivity contribution is 5.85. The zero-order valence-corrected chi connectivity index (χ0v) is 23.4. The van der Waals surface area contributed by atoms with Crippen molar-refractivity contribution >= 4 is 5.91 Å². The highest BCUT2D eigenvalue weighted by atomic mass is 19.4. The Hall–Kier alpha value is -4.24. The van der Waals surface area contributed by atoms with E-state index >= 15 is 0 Å². The van der Waals surface area contributed by atoms with E-state index in [-0.39, 0.29) is 24.1 Å². The minimum absolute atomic E-state index is 0.0540. The Kier molecular flexibility index (Phi) is 8.16. The smallest absolute Gasteiger partial charge is 0.371 e. The van der Waals surface area contributed by atoms with E-state index in [0.29, 0.717) is 37.2 Å². The van der Waals surface area contributed by atoms with Crippen molar-refractivity contribution < 1.29 is 40.3 Å². The number of carbonyl (C=O) groups excluding carboxylic acids is 1. The van der Waals surface area contributed by atoms with E-state index in [9.17, 15) is 35.5 Å². The lowest BCUT2D eigenvalue weighted by atomic mass is 9.87. The van der Waals surface area contributed by atoms with E-state index in [1.807, 2.05) is 4.90 Å². The summed E-state index contributed by atoms with van der Waals surface area (Å²) >= 11 is 0. The third kappa shape index (κ3) is 6.59. The molecule has 45 heavy (non-hydrogen) atoms. The molecule has 0 spiro atoms. The van der Waals surface area contributed by atoms with Crippen LogP contribution in [-0.2, 0) is 41.6 Å². The Morgan fingerprint density at radius 2 is 1.44 bits per heavy atom. The second-order valence-corrected chi connectivity index (χ2v) is 11.3. The second kappa shape index (κ2) is 11.9. The van der Waals surface area contributed by atoms with E-state index in [0.717, 1.165) is 11.1 Å². The maximum Gasteiger partial charge on any atom is 0.416 e. The highest BCUT2D eigenvalue weighted by Crippen LogP contribution is 2.44. The van der Waals surface area contributed by atoms with Crippen molar-refractivity contribution in [2.24, 2.45) is 0 Å². The van der Waals surface area contributed by atoms with Gasteiger partial charge in [-0.1, -0.05) is 12.1 Å². The molecule has 2 N–H and O–H groups in total. The van der Waals surface area contributed by atoms with Crippen LogP contribution in [0.1, 0.15) is 45.7 Å². The lowest BCUT2D eigenvalue weighted by Crippen LogP contribution is -2.42. The summed E-state index contributed by atoms with van der Waals surface area (Å²) in [6.45, 7) is 0.298. The number of alkyl halides is 6. The zero-order chi connectivity index (χ0) is 31.9. The van der Waals surface area contributed by atoms with Crippen LogP contribution in [0.25, 0.3) is 0 Å². The summed E-state index contributed by atoms with van der Waals surface area (Å²) < 4.78 is 100. The van der Waals surface area contributed by atoms with Crippen molar-refractivity contribution in [1.82, 2.24) is 30.2 Å². The summed E-state index contributed by atoms with van der Waals surface area (Å²) in [7, 11) is 0. The normalized spacial score (nSPS) is 22.0. The van der Waals surface area contributed by atoms with Crippen molar-refractivity contribution in [2.75, 3.05) is 6.54 Å². The third-order valence-corrected chi connectivity index (χ3v) is 8.31. The average Bonchev–Trinajstić information content (AvgIpc) is 3.79. The molecular weight excluding hydrogens is 609 g/mol. The molecule has 2 aliphatic rings. The standard InChI is InChI=1S/C30H27F7N6O2/c31-23-3-1-20(2-4-23)27-24-8-25(42(13-18-9-38-39-10-18)14-19-11-40-41-12-19)28(44)43(24)15-26(27)45-16-17-5-21(29(32,33)34)7-22(6-17)30(35,36)37/h1-7,9-12,24-27H,8,13-16H2,(H,38,39)(H,40,41)/t24-,25?,26-,27-/m0/s1. The van der Waals surface area contributed by atoms with E-state index in [1.54, 1.807) is 41.8 Å². The number of hydrogen-bond donors (Lipinski definition) is 2. The number of aromatic amines is 2. The molecule has 4 heterocycles.